The van der Waals surface area contributed by atoms with Gasteiger partial charge < -0.3 is 14.8 Å². The summed E-state index contributed by atoms with van der Waals surface area (Å²) in [6, 6.07) is 3.34. The lowest BCUT2D eigenvalue weighted by Gasteiger charge is -1.79. The summed E-state index contributed by atoms with van der Waals surface area (Å²) in [6.45, 7) is 1.80. The summed E-state index contributed by atoms with van der Waals surface area (Å²) in [7, 11) is 0. The molecule has 0 aliphatic heterocycles. The van der Waals surface area contributed by atoms with Crippen molar-refractivity contribution in [3.05, 3.63) is 17.9 Å². The highest BCUT2D eigenvalue weighted by atomic mass is 16.5. The van der Waals surface area contributed by atoms with Crippen LogP contribution in [0, 0.1) is 6.92 Å². The Morgan fingerprint density at radius 1 is 1.25 bits per heavy atom. The molecule has 0 bridgehead atoms. The number of aryl methyl sites for hydroxylation is 1. The molecular formula is C7H7N3O2. The Morgan fingerprint density at radius 3 is 2.58 bits per heavy atom. The van der Waals surface area contributed by atoms with Crippen LogP contribution in [0.15, 0.2) is 21.2 Å². The second-order valence-electron chi connectivity index (χ2n) is 2.44. The van der Waals surface area contributed by atoms with E-state index in [0.717, 1.165) is 5.76 Å². The minimum absolute atomic E-state index is 0.339. The molecule has 0 aliphatic carbocycles. The van der Waals surface area contributed by atoms with Crippen molar-refractivity contribution in [1.82, 2.24) is 10.3 Å². The summed E-state index contributed by atoms with van der Waals surface area (Å²) < 4.78 is 9.72. The van der Waals surface area contributed by atoms with Crippen molar-refractivity contribution in [3.63, 3.8) is 0 Å². The highest BCUT2D eigenvalue weighted by Crippen LogP contribution is 2.20. The lowest BCUT2D eigenvalue weighted by atomic mass is 10.3. The Hall–Kier alpha value is -1.78. The molecule has 2 aromatic heterocycles. The summed E-state index contributed by atoms with van der Waals surface area (Å²) in [5.41, 5.74) is 5.97. The first-order chi connectivity index (χ1) is 5.75. The van der Waals surface area contributed by atoms with E-state index in [-0.39, 0.29) is 0 Å². The molecule has 2 rings (SSSR count). The monoisotopic (exact) mass is 165 g/mol. The van der Waals surface area contributed by atoms with Gasteiger partial charge in [-0.15, -0.1) is 0 Å². The Morgan fingerprint density at radius 2 is 2.08 bits per heavy atom. The zero-order valence-corrected chi connectivity index (χ0v) is 6.44. The van der Waals surface area contributed by atoms with Crippen LogP contribution >= 0.6 is 0 Å². The Kier molecular flexibility index (Phi) is 1.36. The van der Waals surface area contributed by atoms with E-state index < -0.39 is 0 Å². The van der Waals surface area contributed by atoms with Crippen LogP contribution in [0.5, 0.6) is 0 Å². The quantitative estimate of drug-likeness (QED) is 0.687. The van der Waals surface area contributed by atoms with Gasteiger partial charge in [-0.25, -0.2) is 0 Å². The first-order valence-electron chi connectivity index (χ1n) is 3.41. The zero-order valence-electron chi connectivity index (χ0n) is 6.44. The van der Waals surface area contributed by atoms with Crippen LogP contribution in [0.2, 0.25) is 0 Å². The number of hydrogen-bond acceptors (Lipinski definition) is 5. The number of nitrogen functional groups attached to an aromatic ring is 1. The summed E-state index contributed by atoms with van der Waals surface area (Å²) in [6.07, 6.45) is 0. The first-order valence-corrected chi connectivity index (χ1v) is 3.41. The maximum Gasteiger partial charge on any atom is 0.190 e. The van der Waals surface area contributed by atoms with Gasteiger partial charge in [0.2, 0.25) is 0 Å². The highest BCUT2D eigenvalue weighted by Gasteiger charge is 2.08. The standard InChI is InChI=1S/C7H7N3O2/c1-4-2-5(9-11-4)6-3-7(8)10-12-6/h2-3H,1H3,(H2,8,10). The summed E-state index contributed by atoms with van der Waals surface area (Å²) in [5.74, 6) is 1.58. The van der Waals surface area contributed by atoms with Crippen LogP contribution in [0.25, 0.3) is 11.5 Å². The van der Waals surface area contributed by atoms with Crippen LogP contribution in [-0.4, -0.2) is 10.3 Å². The molecule has 2 aromatic rings. The molecule has 12 heavy (non-hydrogen) atoms. The molecule has 0 radical (unpaired) electrons. The molecule has 2 N–H and O–H groups in total. The molecule has 0 saturated heterocycles. The zero-order chi connectivity index (χ0) is 8.55. The molecule has 2 heterocycles. The molecule has 0 saturated carbocycles. The average molecular weight is 165 g/mol. The fourth-order valence-electron chi connectivity index (χ4n) is 0.892. The molecule has 5 heteroatoms. The second-order valence-corrected chi connectivity index (χ2v) is 2.44. The molecule has 0 aromatic carbocycles. The Balaban J connectivity index is 2.43. The fourth-order valence-corrected chi connectivity index (χ4v) is 0.892. The Labute approximate surface area is 68.1 Å². The van der Waals surface area contributed by atoms with E-state index in [4.69, 9.17) is 14.8 Å². The molecule has 0 aliphatic rings. The first kappa shape index (κ1) is 6.90. The minimum atomic E-state index is 0.339. The van der Waals surface area contributed by atoms with Gasteiger partial charge >= 0.3 is 0 Å². The van der Waals surface area contributed by atoms with Crippen LogP contribution in [0.1, 0.15) is 5.76 Å². The van der Waals surface area contributed by atoms with Gasteiger partial charge in [0.05, 0.1) is 0 Å². The SMILES string of the molecule is Cc1cc(-c2cc(N)no2)no1. The molecule has 0 fully saturated rings. The van der Waals surface area contributed by atoms with Crippen LogP contribution < -0.4 is 5.73 Å². The number of nitrogens with zero attached hydrogens (tertiary/aromatic N) is 2. The largest absolute Gasteiger partial charge is 0.381 e. The normalized spacial score (nSPS) is 10.4. The predicted octanol–water partition coefficient (Wildman–Crippen LogP) is 1.22. The lowest BCUT2D eigenvalue weighted by Crippen LogP contribution is -1.79. The molecule has 0 amide bonds. The second kappa shape index (κ2) is 2.37. The van der Waals surface area contributed by atoms with Gasteiger partial charge in [0.15, 0.2) is 17.3 Å². The van der Waals surface area contributed by atoms with Crippen molar-refractivity contribution in [2.24, 2.45) is 0 Å². The molecule has 0 unspecified atom stereocenters. The number of anilines is 1. The highest BCUT2D eigenvalue weighted by molar-refractivity contribution is 5.54. The van der Waals surface area contributed by atoms with Crippen molar-refractivity contribution in [2.45, 2.75) is 6.92 Å². The van der Waals surface area contributed by atoms with E-state index >= 15 is 0 Å². The average Bonchev–Trinajstić information content (AvgIpc) is 2.58. The molecular weight excluding hydrogens is 158 g/mol. The number of rotatable bonds is 1. The van der Waals surface area contributed by atoms with E-state index in [0.29, 0.717) is 17.3 Å². The van der Waals surface area contributed by atoms with Crippen molar-refractivity contribution >= 4 is 5.82 Å². The predicted molar refractivity (Wildman–Crippen MR) is 41.1 cm³/mol. The van der Waals surface area contributed by atoms with Crippen molar-refractivity contribution in [1.29, 1.82) is 0 Å². The van der Waals surface area contributed by atoms with E-state index in [1.165, 1.54) is 0 Å². The van der Waals surface area contributed by atoms with Crippen molar-refractivity contribution < 1.29 is 9.05 Å². The number of hydrogen-bond donors (Lipinski definition) is 1. The van der Waals surface area contributed by atoms with E-state index in [1.807, 2.05) is 0 Å². The van der Waals surface area contributed by atoms with Crippen LogP contribution in [0.4, 0.5) is 5.82 Å². The van der Waals surface area contributed by atoms with Crippen molar-refractivity contribution in [3.8, 4) is 11.5 Å². The van der Waals surface area contributed by atoms with Gasteiger partial charge in [-0.1, -0.05) is 10.3 Å². The number of nitrogens with two attached hydrogens (primary N) is 1. The van der Waals surface area contributed by atoms with Crippen LogP contribution in [-0.2, 0) is 0 Å². The lowest BCUT2D eigenvalue weighted by molar-refractivity contribution is 0.391. The molecule has 62 valence electrons. The van der Waals surface area contributed by atoms with Gasteiger partial charge in [-0.2, -0.15) is 0 Å². The molecule has 0 spiro atoms. The van der Waals surface area contributed by atoms with E-state index in [2.05, 4.69) is 10.3 Å². The van der Waals surface area contributed by atoms with Crippen LogP contribution in [0.3, 0.4) is 0 Å². The minimum Gasteiger partial charge on any atom is -0.381 e. The summed E-state index contributed by atoms with van der Waals surface area (Å²) >= 11 is 0. The van der Waals surface area contributed by atoms with Gasteiger partial charge in [0.25, 0.3) is 0 Å². The van der Waals surface area contributed by atoms with Gasteiger partial charge in [0.1, 0.15) is 5.76 Å². The third kappa shape index (κ3) is 1.05. The van der Waals surface area contributed by atoms with Gasteiger partial charge in [0, 0.05) is 12.1 Å². The third-order valence-electron chi connectivity index (χ3n) is 1.41. The molecule has 5 nitrogen and oxygen atoms in total. The van der Waals surface area contributed by atoms with Gasteiger partial charge in [-0.05, 0) is 6.92 Å². The van der Waals surface area contributed by atoms with Crippen molar-refractivity contribution in [2.75, 3.05) is 5.73 Å². The molecule has 0 atom stereocenters. The van der Waals surface area contributed by atoms with E-state index in [9.17, 15) is 0 Å². The topological polar surface area (TPSA) is 78.1 Å². The third-order valence-corrected chi connectivity index (χ3v) is 1.41. The van der Waals surface area contributed by atoms with E-state index in [1.54, 1.807) is 19.1 Å². The summed E-state index contributed by atoms with van der Waals surface area (Å²) in [4.78, 5) is 0. The van der Waals surface area contributed by atoms with Gasteiger partial charge in [-0.3, -0.25) is 0 Å². The smallest absolute Gasteiger partial charge is 0.190 e. The maximum absolute atomic E-state index is 5.36. The Bertz CT molecular complexity index is 353. The number of aromatic nitrogens is 2. The maximum atomic E-state index is 5.36. The summed E-state index contributed by atoms with van der Waals surface area (Å²) in [5, 5.41) is 7.26. The fraction of sp³-hybridized carbons (Fsp3) is 0.143.